The van der Waals surface area contributed by atoms with E-state index in [4.69, 9.17) is 9.15 Å². The van der Waals surface area contributed by atoms with Crippen molar-refractivity contribution in [2.75, 3.05) is 7.11 Å². The number of ketones is 1. The molecule has 0 bridgehead atoms. The molecule has 31 heavy (non-hydrogen) atoms. The van der Waals surface area contributed by atoms with Crippen LogP contribution in [0.3, 0.4) is 0 Å². The van der Waals surface area contributed by atoms with Gasteiger partial charge in [-0.1, -0.05) is 17.7 Å². The van der Waals surface area contributed by atoms with Crippen molar-refractivity contribution in [3.63, 3.8) is 0 Å². The zero-order valence-corrected chi connectivity index (χ0v) is 17.8. The summed E-state index contributed by atoms with van der Waals surface area (Å²) < 4.78 is 11.0. The number of carbonyl (C=O) groups is 1. The van der Waals surface area contributed by atoms with E-state index in [0.717, 1.165) is 11.6 Å². The molecule has 3 aromatic rings. The van der Waals surface area contributed by atoms with E-state index in [1.54, 1.807) is 13.0 Å². The summed E-state index contributed by atoms with van der Waals surface area (Å²) in [7, 11) is 1.32. The van der Waals surface area contributed by atoms with Crippen LogP contribution in [-0.4, -0.2) is 28.2 Å². The first kappa shape index (κ1) is 22.0. The van der Waals surface area contributed by atoms with Crippen LogP contribution in [-0.2, 0) is 11.2 Å². The van der Waals surface area contributed by atoms with E-state index in [2.05, 4.69) is 0 Å². The number of carbonyl (C=O) groups excluding carboxylic acids is 1. The van der Waals surface area contributed by atoms with Crippen LogP contribution in [0.4, 0.5) is 0 Å². The molecule has 0 fully saturated rings. The maximum Gasteiger partial charge on any atom is 0.204 e. The molecular formula is C24H24O7. The van der Waals surface area contributed by atoms with E-state index in [1.165, 1.54) is 19.2 Å². The molecule has 3 N–H and O–H groups in total. The highest BCUT2D eigenvalue weighted by Gasteiger charge is 2.23. The highest BCUT2D eigenvalue weighted by molar-refractivity contribution is 6.02. The highest BCUT2D eigenvalue weighted by atomic mass is 16.5. The molecule has 0 saturated carbocycles. The molecule has 0 saturated heterocycles. The monoisotopic (exact) mass is 424 g/mol. The Bertz CT molecular complexity index is 1310. The van der Waals surface area contributed by atoms with Gasteiger partial charge in [-0.3, -0.25) is 9.59 Å². The predicted molar refractivity (Wildman–Crippen MR) is 118 cm³/mol. The number of fused-ring (bicyclic) bond motifs is 2. The minimum absolute atomic E-state index is 0.00905. The summed E-state index contributed by atoms with van der Waals surface area (Å²) in [6, 6.07) is 3.43. The van der Waals surface area contributed by atoms with Gasteiger partial charge in [0.05, 0.1) is 12.5 Å². The number of Topliss-reactive ketones (excluding diaryl/α,β-unsaturated/α-hetero) is 1. The van der Waals surface area contributed by atoms with Gasteiger partial charge >= 0.3 is 0 Å². The molecule has 0 atom stereocenters. The fraction of sp³-hybridized carbons (Fsp3) is 0.250. The Labute approximate surface area is 178 Å². The molecule has 7 nitrogen and oxygen atoms in total. The standard InChI is InChI=1S/C24H24O7/c1-12(2)6-5-7-13(3)16(26)10-15-21-20(11-18(28)24(15)30-4)31-19-9-14(25)8-17(27)22(19)23(21)29/h6-9,11,25,27-28H,5,10H2,1-4H3. The number of rotatable bonds is 6. The van der Waals surface area contributed by atoms with Crippen LogP contribution < -0.4 is 10.2 Å². The highest BCUT2D eigenvalue weighted by Crippen LogP contribution is 2.39. The van der Waals surface area contributed by atoms with E-state index in [-0.39, 0.29) is 57.0 Å². The summed E-state index contributed by atoms with van der Waals surface area (Å²) in [5, 5.41) is 30.2. The average Bonchev–Trinajstić information content (AvgIpc) is 2.66. The van der Waals surface area contributed by atoms with Gasteiger partial charge in [0.1, 0.15) is 28.1 Å². The Morgan fingerprint density at radius 1 is 1.00 bits per heavy atom. The van der Waals surface area contributed by atoms with Crippen LogP contribution in [0.5, 0.6) is 23.0 Å². The Morgan fingerprint density at radius 3 is 2.32 bits per heavy atom. The Morgan fingerprint density at radius 2 is 1.68 bits per heavy atom. The topological polar surface area (TPSA) is 117 Å². The minimum Gasteiger partial charge on any atom is -0.508 e. The summed E-state index contributed by atoms with van der Waals surface area (Å²) in [5.41, 5.74) is 1.17. The molecule has 3 rings (SSSR count). The Kier molecular flexibility index (Phi) is 6.06. The number of benzene rings is 2. The molecule has 1 heterocycles. The van der Waals surface area contributed by atoms with E-state index in [9.17, 15) is 24.9 Å². The molecule has 162 valence electrons. The molecule has 0 aliphatic heterocycles. The van der Waals surface area contributed by atoms with Crippen LogP contribution in [0.1, 0.15) is 32.8 Å². The van der Waals surface area contributed by atoms with Crippen LogP contribution in [0.15, 0.2) is 50.7 Å². The van der Waals surface area contributed by atoms with E-state index < -0.39 is 11.2 Å². The first-order valence-electron chi connectivity index (χ1n) is 9.68. The van der Waals surface area contributed by atoms with Gasteiger partial charge in [0.15, 0.2) is 17.3 Å². The zero-order valence-electron chi connectivity index (χ0n) is 17.8. The van der Waals surface area contributed by atoms with Gasteiger partial charge < -0.3 is 24.5 Å². The quantitative estimate of drug-likeness (QED) is 0.303. The SMILES string of the molecule is COc1c(O)cc2oc3cc(O)cc(O)c3c(=O)c2c1CC(=O)C(C)=CCC=C(C)C. The van der Waals surface area contributed by atoms with Crippen molar-refractivity contribution in [2.45, 2.75) is 33.6 Å². The average molecular weight is 424 g/mol. The van der Waals surface area contributed by atoms with Crippen molar-refractivity contribution in [3.05, 3.63) is 57.3 Å². The van der Waals surface area contributed by atoms with Crippen LogP contribution >= 0.6 is 0 Å². The second kappa shape index (κ2) is 8.55. The second-order valence-corrected chi connectivity index (χ2v) is 7.55. The summed E-state index contributed by atoms with van der Waals surface area (Å²) in [4.78, 5) is 26.1. The zero-order chi connectivity index (χ0) is 22.9. The van der Waals surface area contributed by atoms with Crippen LogP contribution in [0, 0.1) is 0 Å². The van der Waals surface area contributed by atoms with Crippen molar-refractivity contribution >= 4 is 27.7 Å². The third-order valence-electron chi connectivity index (χ3n) is 4.99. The van der Waals surface area contributed by atoms with Crippen LogP contribution in [0.2, 0.25) is 0 Å². The predicted octanol–water partition coefficient (Wildman–Crippen LogP) is 4.49. The van der Waals surface area contributed by atoms with Crippen LogP contribution in [0.25, 0.3) is 21.9 Å². The van der Waals surface area contributed by atoms with E-state index in [1.807, 2.05) is 19.9 Å². The molecule has 0 aliphatic rings. The summed E-state index contributed by atoms with van der Waals surface area (Å²) in [6.07, 6.45) is 4.17. The third kappa shape index (κ3) is 4.26. The lowest BCUT2D eigenvalue weighted by Gasteiger charge is -2.14. The maximum absolute atomic E-state index is 13.2. The number of ether oxygens (including phenoxy) is 1. The van der Waals surface area contributed by atoms with Crippen molar-refractivity contribution in [2.24, 2.45) is 0 Å². The lowest BCUT2D eigenvalue weighted by Crippen LogP contribution is -2.12. The number of phenols is 3. The smallest absolute Gasteiger partial charge is 0.204 e. The molecule has 0 unspecified atom stereocenters. The summed E-state index contributed by atoms with van der Waals surface area (Å²) in [6.45, 7) is 5.62. The lowest BCUT2D eigenvalue weighted by atomic mass is 9.97. The van der Waals surface area contributed by atoms with Crippen molar-refractivity contribution in [1.82, 2.24) is 0 Å². The Hall–Kier alpha value is -3.74. The van der Waals surface area contributed by atoms with E-state index >= 15 is 0 Å². The van der Waals surface area contributed by atoms with E-state index in [0.29, 0.717) is 12.0 Å². The van der Waals surface area contributed by atoms with Gasteiger partial charge in [0, 0.05) is 30.2 Å². The number of hydrogen-bond acceptors (Lipinski definition) is 7. The van der Waals surface area contributed by atoms with Gasteiger partial charge in [-0.25, -0.2) is 0 Å². The molecule has 0 radical (unpaired) electrons. The number of allylic oxidation sites excluding steroid dienone is 4. The molecule has 2 aromatic carbocycles. The third-order valence-corrected chi connectivity index (χ3v) is 4.99. The van der Waals surface area contributed by atoms with Gasteiger partial charge in [-0.05, 0) is 32.8 Å². The second-order valence-electron chi connectivity index (χ2n) is 7.55. The van der Waals surface area contributed by atoms with Gasteiger partial charge in [0.25, 0.3) is 0 Å². The summed E-state index contributed by atoms with van der Waals surface area (Å²) in [5.74, 6) is -1.29. The van der Waals surface area contributed by atoms with Gasteiger partial charge in [-0.2, -0.15) is 0 Å². The lowest BCUT2D eigenvalue weighted by molar-refractivity contribution is -0.114. The molecular weight excluding hydrogens is 400 g/mol. The summed E-state index contributed by atoms with van der Waals surface area (Å²) >= 11 is 0. The number of aromatic hydroxyl groups is 3. The van der Waals surface area contributed by atoms with Gasteiger partial charge in [-0.15, -0.1) is 0 Å². The van der Waals surface area contributed by atoms with Crippen molar-refractivity contribution in [1.29, 1.82) is 0 Å². The van der Waals surface area contributed by atoms with Crippen molar-refractivity contribution < 1.29 is 29.3 Å². The normalized spacial score (nSPS) is 11.7. The number of hydrogen-bond donors (Lipinski definition) is 3. The molecule has 1 aromatic heterocycles. The maximum atomic E-state index is 13.2. The fourth-order valence-corrected chi connectivity index (χ4v) is 3.43. The first-order valence-corrected chi connectivity index (χ1v) is 9.68. The van der Waals surface area contributed by atoms with Gasteiger partial charge in [0.2, 0.25) is 5.43 Å². The first-order chi connectivity index (χ1) is 14.6. The number of methoxy groups -OCH3 is 1. The molecule has 0 amide bonds. The molecule has 0 spiro atoms. The fourth-order valence-electron chi connectivity index (χ4n) is 3.43. The van der Waals surface area contributed by atoms with Crippen molar-refractivity contribution in [3.8, 4) is 23.0 Å². The number of phenolic OH excluding ortho intramolecular Hbond substituents is 3. The minimum atomic E-state index is -0.596. The largest absolute Gasteiger partial charge is 0.508 e. The molecule has 0 aliphatic carbocycles. The Balaban J connectivity index is 2.24. The molecule has 7 heteroatoms.